The van der Waals surface area contributed by atoms with Crippen molar-refractivity contribution in [1.29, 1.82) is 0 Å². The Balaban J connectivity index is 1.71. The van der Waals surface area contributed by atoms with Crippen LogP contribution in [0.4, 0.5) is 0 Å². The largest absolute Gasteiger partial charge is 0.340 e. The van der Waals surface area contributed by atoms with Crippen molar-refractivity contribution in [3.05, 3.63) is 76.3 Å². The van der Waals surface area contributed by atoms with E-state index in [0.29, 0.717) is 17.4 Å². The molecule has 1 amide bonds. The van der Waals surface area contributed by atoms with Gasteiger partial charge in [-0.25, -0.2) is 4.98 Å². The summed E-state index contributed by atoms with van der Waals surface area (Å²) in [6, 6.07) is 15.5. The molecule has 0 radical (unpaired) electrons. The molecule has 0 N–H and O–H groups in total. The molecular weight excluding hydrogens is 338 g/mol. The second-order valence-corrected chi connectivity index (χ2v) is 7.89. The van der Waals surface area contributed by atoms with E-state index >= 15 is 0 Å². The number of hydrogen-bond donors (Lipinski definition) is 0. The summed E-state index contributed by atoms with van der Waals surface area (Å²) >= 11 is 0. The fourth-order valence-corrected chi connectivity index (χ4v) is 2.96. The van der Waals surface area contributed by atoms with E-state index in [2.05, 4.69) is 37.9 Å². The third kappa shape index (κ3) is 4.25. The Morgan fingerprint density at radius 3 is 2.41 bits per heavy atom. The van der Waals surface area contributed by atoms with Gasteiger partial charge in [-0.3, -0.25) is 14.2 Å². The van der Waals surface area contributed by atoms with E-state index in [1.165, 1.54) is 16.5 Å². The zero-order valence-electron chi connectivity index (χ0n) is 16.3. The van der Waals surface area contributed by atoms with Crippen LogP contribution in [0.5, 0.6) is 0 Å². The zero-order chi connectivity index (χ0) is 19.6. The van der Waals surface area contributed by atoms with Crippen molar-refractivity contribution in [2.45, 2.75) is 39.3 Å². The van der Waals surface area contributed by atoms with Crippen LogP contribution in [0.15, 0.2) is 59.7 Å². The van der Waals surface area contributed by atoms with Gasteiger partial charge in [-0.05, 0) is 28.7 Å². The minimum atomic E-state index is -0.197. The van der Waals surface area contributed by atoms with Crippen LogP contribution in [0.1, 0.15) is 31.9 Å². The van der Waals surface area contributed by atoms with E-state index in [0.717, 1.165) is 5.56 Å². The first kappa shape index (κ1) is 18.8. The number of likely N-dealkylation sites (N-methyl/N-ethyl adjacent to an activating group) is 1. The average molecular weight is 363 g/mol. The van der Waals surface area contributed by atoms with Gasteiger partial charge in [0, 0.05) is 13.6 Å². The van der Waals surface area contributed by atoms with Crippen molar-refractivity contribution >= 4 is 16.8 Å². The SMILES string of the molecule is CN(Cc1ccc(C(C)(C)C)cc1)C(=O)Cn1cnc2ccccc2c1=O. The molecule has 0 atom stereocenters. The Morgan fingerprint density at radius 2 is 1.74 bits per heavy atom. The van der Waals surface area contributed by atoms with E-state index in [-0.39, 0.29) is 23.4 Å². The Morgan fingerprint density at radius 1 is 1.07 bits per heavy atom. The first-order valence-corrected chi connectivity index (χ1v) is 9.03. The van der Waals surface area contributed by atoms with Crippen LogP contribution >= 0.6 is 0 Å². The third-order valence-electron chi connectivity index (χ3n) is 4.70. The van der Waals surface area contributed by atoms with Gasteiger partial charge in [0.25, 0.3) is 5.56 Å². The molecule has 3 rings (SSSR count). The highest BCUT2D eigenvalue weighted by Gasteiger charge is 2.15. The molecule has 0 aliphatic heterocycles. The number of fused-ring (bicyclic) bond motifs is 1. The van der Waals surface area contributed by atoms with Crippen molar-refractivity contribution in [2.75, 3.05) is 7.05 Å². The summed E-state index contributed by atoms with van der Waals surface area (Å²) in [6.45, 7) is 7.00. The fourth-order valence-electron chi connectivity index (χ4n) is 2.96. The second kappa shape index (κ2) is 7.35. The molecule has 0 bridgehead atoms. The van der Waals surface area contributed by atoms with Gasteiger partial charge < -0.3 is 4.90 Å². The molecule has 0 saturated heterocycles. The summed E-state index contributed by atoms with van der Waals surface area (Å²) < 4.78 is 1.36. The molecule has 0 spiro atoms. The zero-order valence-corrected chi connectivity index (χ0v) is 16.3. The number of benzene rings is 2. The molecular formula is C22H25N3O2. The van der Waals surface area contributed by atoms with Crippen molar-refractivity contribution in [3.63, 3.8) is 0 Å². The molecule has 5 nitrogen and oxygen atoms in total. The molecule has 0 saturated carbocycles. The molecule has 0 aliphatic rings. The van der Waals surface area contributed by atoms with E-state index in [1.54, 1.807) is 30.1 Å². The summed E-state index contributed by atoms with van der Waals surface area (Å²) in [5.74, 6) is -0.130. The van der Waals surface area contributed by atoms with Crippen molar-refractivity contribution in [3.8, 4) is 0 Å². The number of amides is 1. The lowest BCUT2D eigenvalue weighted by Crippen LogP contribution is -2.33. The lowest BCUT2D eigenvalue weighted by atomic mass is 9.87. The van der Waals surface area contributed by atoms with Crippen LogP contribution in [0.3, 0.4) is 0 Å². The van der Waals surface area contributed by atoms with Crippen molar-refractivity contribution < 1.29 is 4.79 Å². The van der Waals surface area contributed by atoms with Gasteiger partial charge >= 0.3 is 0 Å². The number of carbonyl (C=O) groups is 1. The Bertz CT molecular complexity index is 1010. The van der Waals surface area contributed by atoms with Crippen molar-refractivity contribution in [1.82, 2.24) is 14.5 Å². The highest BCUT2D eigenvalue weighted by Crippen LogP contribution is 2.22. The Labute approximate surface area is 159 Å². The minimum absolute atomic E-state index is 0.0206. The number of hydrogen-bond acceptors (Lipinski definition) is 3. The molecule has 1 heterocycles. The van der Waals surface area contributed by atoms with Gasteiger partial charge in [-0.1, -0.05) is 57.2 Å². The highest BCUT2D eigenvalue weighted by atomic mass is 16.2. The smallest absolute Gasteiger partial charge is 0.261 e. The van der Waals surface area contributed by atoms with Crippen LogP contribution in [-0.2, 0) is 23.3 Å². The first-order valence-electron chi connectivity index (χ1n) is 9.03. The van der Waals surface area contributed by atoms with Crippen LogP contribution in [0, 0.1) is 0 Å². The molecule has 140 valence electrons. The second-order valence-electron chi connectivity index (χ2n) is 7.89. The van der Waals surface area contributed by atoms with Gasteiger partial charge in [0.15, 0.2) is 0 Å². The van der Waals surface area contributed by atoms with Gasteiger partial charge in [-0.2, -0.15) is 0 Å². The molecule has 0 fully saturated rings. The van der Waals surface area contributed by atoms with Crippen LogP contribution < -0.4 is 5.56 Å². The number of rotatable bonds is 4. The summed E-state index contributed by atoms with van der Waals surface area (Å²) in [5.41, 5.74) is 2.86. The summed E-state index contributed by atoms with van der Waals surface area (Å²) in [6.07, 6.45) is 1.44. The van der Waals surface area contributed by atoms with Gasteiger partial charge in [0.05, 0.1) is 17.2 Å². The van der Waals surface area contributed by atoms with E-state index in [4.69, 9.17) is 0 Å². The van der Waals surface area contributed by atoms with Crippen LogP contribution in [0.2, 0.25) is 0 Å². The Kier molecular flexibility index (Phi) is 5.13. The predicted octanol–water partition coefficient (Wildman–Crippen LogP) is 3.35. The van der Waals surface area contributed by atoms with Crippen LogP contribution in [-0.4, -0.2) is 27.4 Å². The maximum absolute atomic E-state index is 12.6. The third-order valence-corrected chi connectivity index (χ3v) is 4.70. The summed E-state index contributed by atoms with van der Waals surface area (Å²) in [5, 5.41) is 0.522. The van der Waals surface area contributed by atoms with E-state index in [9.17, 15) is 9.59 Å². The molecule has 0 unspecified atom stereocenters. The van der Waals surface area contributed by atoms with Crippen LogP contribution in [0.25, 0.3) is 10.9 Å². The fraction of sp³-hybridized carbons (Fsp3) is 0.318. The Hall–Kier alpha value is -2.95. The van der Waals surface area contributed by atoms with E-state index in [1.807, 2.05) is 18.2 Å². The quantitative estimate of drug-likeness (QED) is 0.714. The number of aromatic nitrogens is 2. The first-order chi connectivity index (χ1) is 12.8. The lowest BCUT2D eigenvalue weighted by molar-refractivity contribution is -0.131. The molecule has 0 aliphatic carbocycles. The predicted molar refractivity (Wildman–Crippen MR) is 108 cm³/mol. The molecule has 1 aromatic heterocycles. The monoisotopic (exact) mass is 363 g/mol. The summed E-state index contributed by atoms with van der Waals surface area (Å²) in [7, 11) is 1.75. The maximum atomic E-state index is 12.6. The van der Waals surface area contributed by atoms with Gasteiger partial charge in [0.2, 0.25) is 5.91 Å². The topological polar surface area (TPSA) is 55.2 Å². The van der Waals surface area contributed by atoms with E-state index < -0.39 is 0 Å². The van der Waals surface area contributed by atoms with Crippen molar-refractivity contribution in [2.24, 2.45) is 0 Å². The van der Waals surface area contributed by atoms with Gasteiger partial charge in [0.1, 0.15) is 6.54 Å². The average Bonchev–Trinajstić information content (AvgIpc) is 2.64. The standard InChI is InChI=1S/C22H25N3O2/c1-22(2,3)17-11-9-16(10-12-17)13-24(4)20(26)14-25-15-23-19-8-6-5-7-18(19)21(25)27/h5-12,15H,13-14H2,1-4H3. The normalized spacial score (nSPS) is 11.6. The maximum Gasteiger partial charge on any atom is 0.261 e. The molecule has 5 heteroatoms. The summed E-state index contributed by atoms with van der Waals surface area (Å²) in [4.78, 5) is 31.0. The molecule has 2 aromatic carbocycles. The highest BCUT2D eigenvalue weighted by molar-refractivity contribution is 5.78. The lowest BCUT2D eigenvalue weighted by Gasteiger charge is -2.21. The minimum Gasteiger partial charge on any atom is -0.340 e. The number of carbonyl (C=O) groups excluding carboxylic acids is 1. The molecule has 3 aromatic rings. The van der Waals surface area contributed by atoms with Gasteiger partial charge in [-0.15, -0.1) is 0 Å². The number of para-hydroxylation sites is 1. The molecule has 27 heavy (non-hydrogen) atoms. The number of nitrogens with zero attached hydrogens (tertiary/aromatic N) is 3.